The van der Waals surface area contributed by atoms with Gasteiger partial charge in [-0.3, -0.25) is 4.18 Å². The van der Waals surface area contributed by atoms with E-state index >= 15 is 0 Å². The van der Waals surface area contributed by atoms with Crippen LogP contribution in [0.5, 0.6) is 5.75 Å². The van der Waals surface area contributed by atoms with E-state index in [1.165, 1.54) is 32.8 Å². The average Bonchev–Trinajstić information content (AvgIpc) is 2.58. The van der Waals surface area contributed by atoms with Crippen molar-refractivity contribution in [3.05, 3.63) is 23.8 Å². The number of hydrogen-bond donors (Lipinski definition) is 0. The van der Waals surface area contributed by atoms with Crippen molar-refractivity contribution in [1.82, 2.24) is 0 Å². The van der Waals surface area contributed by atoms with Gasteiger partial charge in [-0.15, -0.1) is 0 Å². The molecule has 0 saturated heterocycles. The van der Waals surface area contributed by atoms with Crippen molar-refractivity contribution >= 4 is 10.1 Å². The van der Waals surface area contributed by atoms with Gasteiger partial charge in [0.05, 0.1) is 13.7 Å². The number of benzene rings is 1. The maximum absolute atomic E-state index is 12.5. The zero-order valence-corrected chi connectivity index (χ0v) is 19.7. The molecular weight excluding hydrogens is 372 g/mol. The first-order valence-electron chi connectivity index (χ1n) is 10.5. The molecule has 1 rings (SSSR count). The fourth-order valence-electron chi connectivity index (χ4n) is 3.83. The first-order chi connectivity index (χ1) is 12.9. The van der Waals surface area contributed by atoms with Crippen LogP contribution in [0.25, 0.3) is 0 Å². The Morgan fingerprint density at radius 2 is 1.54 bits per heavy atom. The van der Waals surface area contributed by atoms with Gasteiger partial charge in [0, 0.05) is 0 Å². The highest BCUT2D eigenvalue weighted by atomic mass is 32.2. The quantitative estimate of drug-likeness (QED) is 0.291. The van der Waals surface area contributed by atoms with Crippen molar-refractivity contribution in [2.75, 3.05) is 13.7 Å². The molecular formula is C23H40O4S. The second-order valence-corrected chi connectivity index (χ2v) is 11.2. The van der Waals surface area contributed by atoms with Gasteiger partial charge >= 0.3 is 0 Å². The molecule has 0 aliphatic heterocycles. The summed E-state index contributed by atoms with van der Waals surface area (Å²) in [7, 11) is -2.64. The summed E-state index contributed by atoms with van der Waals surface area (Å²) < 4.78 is 35.6. The van der Waals surface area contributed by atoms with Gasteiger partial charge in [-0.05, 0) is 41.4 Å². The third kappa shape index (κ3) is 8.12. The molecule has 4 nitrogen and oxygen atoms in total. The van der Waals surface area contributed by atoms with Crippen LogP contribution in [0.15, 0.2) is 23.1 Å². The Morgan fingerprint density at radius 1 is 0.929 bits per heavy atom. The minimum absolute atomic E-state index is 0.125. The molecule has 0 heterocycles. The van der Waals surface area contributed by atoms with Crippen molar-refractivity contribution in [3.63, 3.8) is 0 Å². The Labute approximate surface area is 173 Å². The van der Waals surface area contributed by atoms with Crippen molar-refractivity contribution in [3.8, 4) is 5.75 Å². The van der Waals surface area contributed by atoms with Crippen LogP contribution in [0.1, 0.15) is 92.1 Å². The van der Waals surface area contributed by atoms with Crippen molar-refractivity contribution in [2.45, 2.75) is 96.8 Å². The zero-order valence-electron chi connectivity index (χ0n) is 18.9. The summed E-state index contributed by atoms with van der Waals surface area (Å²) in [6, 6.07) is 5.49. The Bertz CT molecular complexity index is 700. The molecule has 0 unspecified atom stereocenters. The van der Waals surface area contributed by atoms with E-state index in [2.05, 4.69) is 41.5 Å². The number of rotatable bonds is 12. The molecule has 28 heavy (non-hydrogen) atoms. The lowest BCUT2D eigenvalue weighted by Gasteiger charge is -2.33. The molecule has 0 aliphatic carbocycles. The molecule has 0 saturated carbocycles. The zero-order chi connectivity index (χ0) is 21.4. The maximum atomic E-state index is 12.5. The molecule has 0 aliphatic rings. The molecule has 0 fully saturated rings. The van der Waals surface area contributed by atoms with Crippen LogP contribution in [-0.4, -0.2) is 22.1 Å². The highest BCUT2D eigenvalue weighted by Crippen LogP contribution is 2.39. The van der Waals surface area contributed by atoms with E-state index in [-0.39, 0.29) is 15.7 Å². The highest BCUT2D eigenvalue weighted by Gasteiger charge is 2.30. The normalized spacial score (nSPS) is 13.0. The van der Waals surface area contributed by atoms with Crippen LogP contribution >= 0.6 is 0 Å². The fraction of sp³-hybridized carbons (Fsp3) is 0.739. The van der Waals surface area contributed by atoms with Crippen LogP contribution in [0.3, 0.4) is 0 Å². The van der Waals surface area contributed by atoms with E-state index in [4.69, 9.17) is 8.92 Å². The lowest BCUT2D eigenvalue weighted by Crippen LogP contribution is -2.25. The van der Waals surface area contributed by atoms with Crippen LogP contribution in [0, 0.1) is 5.41 Å². The molecule has 0 atom stereocenters. The third-order valence-corrected chi connectivity index (χ3v) is 6.24. The van der Waals surface area contributed by atoms with Gasteiger partial charge in [-0.2, -0.15) is 8.42 Å². The average molecular weight is 413 g/mol. The van der Waals surface area contributed by atoms with Gasteiger partial charge in [0.25, 0.3) is 10.1 Å². The summed E-state index contributed by atoms with van der Waals surface area (Å²) in [6.07, 6.45) is 7.90. The summed E-state index contributed by atoms with van der Waals surface area (Å²) in [5, 5.41) is 0. The van der Waals surface area contributed by atoms with Gasteiger partial charge in [-0.25, -0.2) is 0 Å². The summed E-state index contributed by atoms with van der Waals surface area (Å²) in [5.74, 6) is 0.380. The lowest BCUT2D eigenvalue weighted by atomic mass is 9.72. The molecule has 0 N–H and O–H groups in total. The predicted octanol–water partition coefficient (Wildman–Crippen LogP) is 6.47. The Kier molecular flexibility index (Phi) is 9.48. The third-order valence-electron chi connectivity index (χ3n) is 4.94. The summed E-state index contributed by atoms with van der Waals surface area (Å²) >= 11 is 0. The maximum Gasteiger partial charge on any atom is 0.300 e. The SMILES string of the molecule is CCCCCCCCOc1ccc(C(C)(C)CC(C)(C)C)cc1S(=O)(=O)OC. The predicted molar refractivity (Wildman–Crippen MR) is 117 cm³/mol. The summed E-state index contributed by atoms with van der Waals surface area (Å²) in [5.41, 5.74) is 0.954. The first kappa shape index (κ1) is 25.0. The molecule has 0 aromatic heterocycles. The van der Waals surface area contributed by atoms with E-state index in [1.54, 1.807) is 12.1 Å². The topological polar surface area (TPSA) is 52.6 Å². The van der Waals surface area contributed by atoms with Gasteiger partial charge in [0.1, 0.15) is 10.6 Å². The smallest absolute Gasteiger partial charge is 0.300 e. The second kappa shape index (κ2) is 10.6. The molecule has 1 aromatic carbocycles. The molecule has 0 bridgehead atoms. The minimum Gasteiger partial charge on any atom is -0.492 e. The number of hydrogen-bond acceptors (Lipinski definition) is 4. The molecule has 0 amide bonds. The van der Waals surface area contributed by atoms with Crippen LogP contribution < -0.4 is 4.74 Å². The van der Waals surface area contributed by atoms with Gasteiger partial charge < -0.3 is 4.74 Å². The van der Waals surface area contributed by atoms with Crippen LogP contribution in [-0.2, 0) is 19.7 Å². The Morgan fingerprint density at radius 3 is 2.11 bits per heavy atom. The Balaban J connectivity index is 2.97. The molecule has 0 radical (unpaired) electrons. The van der Waals surface area contributed by atoms with Gasteiger partial charge in [-0.1, -0.05) is 79.7 Å². The van der Waals surface area contributed by atoms with Gasteiger partial charge in [0.2, 0.25) is 0 Å². The monoisotopic (exact) mass is 412 g/mol. The molecule has 1 aromatic rings. The van der Waals surface area contributed by atoms with Crippen LogP contribution in [0.2, 0.25) is 0 Å². The molecule has 0 spiro atoms. The van der Waals surface area contributed by atoms with Crippen molar-refractivity contribution in [2.24, 2.45) is 5.41 Å². The van der Waals surface area contributed by atoms with Gasteiger partial charge in [0.15, 0.2) is 0 Å². The molecule has 162 valence electrons. The minimum atomic E-state index is -3.84. The van der Waals surface area contributed by atoms with Crippen molar-refractivity contribution < 1.29 is 17.3 Å². The van der Waals surface area contributed by atoms with Crippen LogP contribution in [0.4, 0.5) is 0 Å². The van der Waals surface area contributed by atoms with E-state index < -0.39 is 10.1 Å². The summed E-state index contributed by atoms with van der Waals surface area (Å²) in [4.78, 5) is 0.125. The Hall–Kier alpha value is -1.07. The number of ether oxygens (including phenoxy) is 1. The fourth-order valence-corrected chi connectivity index (χ4v) is 4.65. The van der Waals surface area contributed by atoms with E-state index in [9.17, 15) is 8.42 Å². The first-order valence-corrected chi connectivity index (χ1v) is 11.9. The molecule has 5 heteroatoms. The highest BCUT2D eigenvalue weighted by molar-refractivity contribution is 7.86. The van der Waals surface area contributed by atoms with E-state index in [0.717, 1.165) is 24.8 Å². The lowest BCUT2D eigenvalue weighted by molar-refractivity contribution is 0.281. The second-order valence-electron chi connectivity index (χ2n) is 9.52. The standard InChI is InChI=1S/C23H40O4S/c1-8-9-10-11-12-13-16-27-20-15-14-19(17-21(20)28(24,25)26-7)23(5,6)18-22(2,3)4/h14-15,17H,8-13,16,18H2,1-7H3. The number of unbranched alkanes of at least 4 members (excludes halogenated alkanes) is 5. The van der Waals surface area contributed by atoms with Crippen molar-refractivity contribution in [1.29, 1.82) is 0 Å². The largest absolute Gasteiger partial charge is 0.492 e. The summed E-state index contributed by atoms with van der Waals surface area (Å²) in [6.45, 7) is 13.6. The van der Waals surface area contributed by atoms with E-state index in [0.29, 0.717) is 12.4 Å². The van der Waals surface area contributed by atoms with E-state index in [1.807, 2.05) is 6.07 Å².